The summed E-state index contributed by atoms with van der Waals surface area (Å²) in [5.74, 6) is 0.849. The second-order valence-corrected chi connectivity index (χ2v) is 4.84. The maximum absolute atomic E-state index is 10.8. The van der Waals surface area contributed by atoms with Gasteiger partial charge in [-0.3, -0.25) is 4.79 Å². The van der Waals surface area contributed by atoms with Crippen LogP contribution in [-0.2, 0) is 4.79 Å². The van der Waals surface area contributed by atoms with Crippen molar-refractivity contribution in [3.05, 3.63) is 23.8 Å². The molecule has 3 N–H and O–H groups in total. The molecule has 2 rings (SSSR count). The lowest BCUT2D eigenvalue weighted by Crippen LogP contribution is -2.17. The van der Waals surface area contributed by atoms with Gasteiger partial charge < -0.3 is 20.3 Å². The van der Waals surface area contributed by atoms with E-state index in [1.54, 1.807) is 25.3 Å². The molecule has 1 fully saturated rings. The average Bonchev–Trinajstić information content (AvgIpc) is 3.19. The van der Waals surface area contributed by atoms with Gasteiger partial charge in [-0.05, 0) is 24.8 Å². The van der Waals surface area contributed by atoms with E-state index < -0.39 is 12.0 Å². The van der Waals surface area contributed by atoms with E-state index in [0.29, 0.717) is 29.6 Å². The Labute approximate surface area is 112 Å². The van der Waals surface area contributed by atoms with Crippen molar-refractivity contribution in [3.63, 3.8) is 0 Å². The van der Waals surface area contributed by atoms with E-state index in [9.17, 15) is 4.79 Å². The summed E-state index contributed by atoms with van der Waals surface area (Å²) in [5, 5.41) is 8.84. The van der Waals surface area contributed by atoms with Crippen LogP contribution >= 0.6 is 0 Å². The number of para-hydroxylation sites is 1. The van der Waals surface area contributed by atoms with Crippen LogP contribution in [0, 0.1) is 5.92 Å². The maximum atomic E-state index is 10.8. The lowest BCUT2D eigenvalue weighted by Gasteiger charge is -2.18. The molecule has 0 saturated heterocycles. The van der Waals surface area contributed by atoms with Crippen LogP contribution in [0.4, 0.5) is 0 Å². The summed E-state index contributed by atoms with van der Waals surface area (Å²) in [6, 6.07) is 4.78. The molecule has 0 radical (unpaired) electrons. The number of carboxylic acid groups (broad SMARTS) is 1. The van der Waals surface area contributed by atoms with E-state index in [2.05, 4.69) is 0 Å². The third kappa shape index (κ3) is 3.61. The molecule has 1 unspecified atom stereocenters. The number of nitrogens with two attached hydrogens (primary N) is 1. The van der Waals surface area contributed by atoms with E-state index in [1.807, 2.05) is 0 Å². The zero-order valence-corrected chi connectivity index (χ0v) is 11.0. The Hall–Kier alpha value is -1.75. The molecule has 104 valence electrons. The number of carbonyl (C=O) groups is 1. The fourth-order valence-corrected chi connectivity index (χ4v) is 1.92. The van der Waals surface area contributed by atoms with Crippen molar-refractivity contribution in [3.8, 4) is 11.5 Å². The van der Waals surface area contributed by atoms with Crippen LogP contribution in [-0.4, -0.2) is 24.8 Å². The fraction of sp³-hybridized carbons (Fsp3) is 0.500. The fourth-order valence-electron chi connectivity index (χ4n) is 1.92. The molecule has 0 heterocycles. The molecule has 1 saturated carbocycles. The van der Waals surface area contributed by atoms with E-state index in [-0.39, 0.29) is 6.42 Å². The average molecular weight is 265 g/mol. The van der Waals surface area contributed by atoms with E-state index in [0.717, 1.165) is 0 Å². The Morgan fingerprint density at radius 1 is 1.53 bits per heavy atom. The first-order valence-corrected chi connectivity index (χ1v) is 6.39. The third-order valence-electron chi connectivity index (χ3n) is 3.18. The molecule has 0 bridgehead atoms. The molecule has 1 aromatic carbocycles. The minimum Gasteiger partial charge on any atom is -0.493 e. The topological polar surface area (TPSA) is 81.8 Å². The first kappa shape index (κ1) is 13.7. The van der Waals surface area contributed by atoms with Gasteiger partial charge in [-0.2, -0.15) is 0 Å². The Balaban J connectivity index is 2.20. The highest BCUT2D eigenvalue weighted by atomic mass is 16.5. The summed E-state index contributed by atoms with van der Waals surface area (Å²) in [6.07, 6.45) is 2.24. The van der Waals surface area contributed by atoms with Crippen molar-refractivity contribution in [2.24, 2.45) is 11.7 Å². The molecular formula is C14H19NO4. The molecule has 0 spiro atoms. The SMILES string of the molecule is COc1cccc(C(N)CC(=O)O)c1OCC1CC1. The van der Waals surface area contributed by atoms with Crippen LogP contribution in [0.2, 0.25) is 0 Å². The summed E-state index contributed by atoms with van der Waals surface area (Å²) in [7, 11) is 1.56. The van der Waals surface area contributed by atoms with Crippen LogP contribution in [0.3, 0.4) is 0 Å². The number of aliphatic carboxylic acids is 1. The largest absolute Gasteiger partial charge is 0.493 e. The number of ether oxygens (including phenoxy) is 2. The van der Waals surface area contributed by atoms with Gasteiger partial charge in [-0.15, -0.1) is 0 Å². The van der Waals surface area contributed by atoms with Gasteiger partial charge in [0.15, 0.2) is 11.5 Å². The molecule has 0 aromatic heterocycles. The molecule has 1 aromatic rings. The monoisotopic (exact) mass is 265 g/mol. The first-order valence-electron chi connectivity index (χ1n) is 6.39. The Morgan fingerprint density at radius 3 is 2.84 bits per heavy atom. The third-order valence-corrected chi connectivity index (χ3v) is 3.18. The predicted octanol–water partition coefficient (Wildman–Crippen LogP) is 1.96. The molecule has 0 amide bonds. The second kappa shape index (κ2) is 5.93. The van der Waals surface area contributed by atoms with Gasteiger partial charge in [-0.25, -0.2) is 0 Å². The van der Waals surface area contributed by atoms with Gasteiger partial charge in [0.05, 0.1) is 20.1 Å². The Kier molecular flexibility index (Phi) is 4.27. The Bertz CT molecular complexity index is 457. The normalized spacial score (nSPS) is 15.9. The zero-order chi connectivity index (χ0) is 13.8. The molecule has 5 heteroatoms. The number of hydrogen-bond donors (Lipinski definition) is 2. The summed E-state index contributed by atoms with van der Waals surface area (Å²) in [4.78, 5) is 10.8. The van der Waals surface area contributed by atoms with Crippen molar-refractivity contribution in [2.45, 2.75) is 25.3 Å². The molecule has 19 heavy (non-hydrogen) atoms. The number of hydrogen-bond acceptors (Lipinski definition) is 4. The summed E-state index contributed by atoms with van der Waals surface area (Å²) in [6.45, 7) is 0.632. The van der Waals surface area contributed by atoms with Crippen LogP contribution < -0.4 is 15.2 Å². The highest BCUT2D eigenvalue weighted by molar-refractivity contribution is 5.68. The lowest BCUT2D eigenvalue weighted by molar-refractivity contribution is -0.137. The van der Waals surface area contributed by atoms with Gasteiger partial charge in [-0.1, -0.05) is 12.1 Å². The maximum Gasteiger partial charge on any atom is 0.305 e. The molecule has 1 aliphatic carbocycles. The van der Waals surface area contributed by atoms with Gasteiger partial charge in [0.1, 0.15) is 0 Å². The molecule has 5 nitrogen and oxygen atoms in total. The van der Waals surface area contributed by atoms with Gasteiger partial charge in [0.25, 0.3) is 0 Å². The summed E-state index contributed by atoms with van der Waals surface area (Å²) in [5.41, 5.74) is 6.61. The van der Waals surface area contributed by atoms with Crippen LogP contribution in [0.25, 0.3) is 0 Å². The van der Waals surface area contributed by atoms with Crippen LogP contribution in [0.15, 0.2) is 18.2 Å². The van der Waals surface area contributed by atoms with Crippen molar-refractivity contribution < 1.29 is 19.4 Å². The smallest absolute Gasteiger partial charge is 0.305 e. The minimum atomic E-state index is -0.927. The van der Waals surface area contributed by atoms with Crippen molar-refractivity contribution >= 4 is 5.97 Å². The van der Waals surface area contributed by atoms with Gasteiger partial charge in [0.2, 0.25) is 0 Å². The van der Waals surface area contributed by atoms with Crippen molar-refractivity contribution in [1.82, 2.24) is 0 Å². The number of methoxy groups -OCH3 is 1. The number of rotatable bonds is 7. The zero-order valence-electron chi connectivity index (χ0n) is 11.0. The summed E-state index contributed by atoms with van der Waals surface area (Å²) < 4.78 is 11.1. The molecule has 1 aliphatic rings. The molecule has 0 aliphatic heterocycles. The predicted molar refractivity (Wildman–Crippen MR) is 70.4 cm³/mol. The van der Waals surface area contributed by atoms with E-state index in [4.69, 9.17) is 20.3 Å². The second-order valence-electron chi connectivity index (χ2n) is 4.84. The number of benzene rings is 1. The number of carboxylic acids is 1. The van der Waals surface area contributed by atoms with Crippen LogP contribution in [0.5, 0.6) is 11.5 Å². The van der Waals surface area contributed by atoms with Gasteiger partial charge >= 0.3 is 5.97 Å². The van der Waals surface area contributed by atoms with Crippen molar-refractivity contribution in [1.29, 1.82) is 0 Å². The van der Waals surface area contributed by atoms with Crippen LogP contribution in [0.1, 0.15) is 30.9 Å². The standard InChI is InChI=1S/C14H19NO4/c1-18-12-4-2-3-10(11(15)7-13(16)17)14(12)19-8-9-5-6-9/h2-4,9,11H,5-8,15H2,1H3,(H,16,17). The molecular weight excluding hydrogens is 246 g/mol. The van der Waals surface area contributed by atoms with Gasteiger partial charge in [0, 0.05) is 11.6 Å². The Morgan fingerprint density at radius 2 is 2.26 bits per heavy atom. The quantitative estimate of drug-likeness (QED) is 0.787. The minimum absolute atomic E-state index is 0.132. The highest BCUT2D eigenvalue weighted by Gasteiger charge is 2.24. The molecule has 1 atom stereocenters. The van der Waals surface area contributed by atoms with E-state index in [1.165, 1.54) is 12.8 Å². The lowest BCUT2D eigenvalue weighted by atomic mass is 10.0. The van der Waals surface area contributed by atoms with E-state index >= 15 is 0 Å². The highest BCUT2D eigenvalue weighted by Crippen LogP contribution is 2.37. The first-order chi connectivity index (χ1) is 9.11. The summed E-state index contributed by atoms with van der Waals surface area (Å²) >= 11 is 0. The van der Waals surface area contributed by atoms with Crippen molar-refractivity contribution in [2.75, 3.05) is 13.7 Å².